The summed E-state index contributed by atoms with van der Waals surface area (Å²) in [6.07, 6.45) is 0. The van der Waals surface area contributed by atoms with Gasteiger partial charge < -0.3 is 20.1 Å². The van der Waals surface area contributed by atoms with Gasteiger partial charge in [-0.2, -0.15) is 9.19 Å². The van der Waals surface area contributed by atoms with Crippen molar-refractivity contribution in [3.05, 3.63) is 53.6 Å². The minimum atomic E-state index is -0.0358. The highest BCUT2D eigenvalue weighted by Gasteiger charge is 2.24. The number of methoxy groups -OCH3 is 1. The molecular formula is C19H19ClN4O2S. The Hall–Kier alpha value is -2.51. The van der Waals surface area contributed by atoms with Crippen molar-refractivity contribution in [3.8, 4) is 22.8 Å². The van der Waals surface area contributed by atoms with Crippen LogP contribution in [0.25, 0.3) is 11.3 Å². The molecule has 6 nitrogen and oxygen atoms in total. The Balaban J connectivity index is 1.43. The van der Waals surface area contributed by atoms with Crippen LogP contribution < -0.4 is 20.1 Å². The molecule has 0 spiro atoms. The molecule has 1 aromatic heterocycles. The van der Waals surface area contributed by atoms with Crippen LogP contribution in [0.2, 0.25) is 5.02 Å². The monoisotopic (exact) mass is 402 g/mol. The highest BCUT2D eigenvalue weighted by Crippen LogP contribution is 2.35. The van der Waals surface area contributed by atoms with E-state index in [0.29, 0.717) is 17.4 Å². The van der Waals surface area contributed by atoms with Crippen LogP contribution in [-0.2, 0) is 0 Å². The van der Waals surface area contributed by atoms with Gasteiger partial charge in [0.2, 0.25) is 0 Å². The van der Waals surface area contributed by atoms with E-state index in [1.807, 2.05) is 59.5 Å². The lowest BCUT2D eigenvalue weighted by Gasteiger charge is -2.14. The lowest BCUT2D eigenvalue weighted by Crippen LogP contribution is -2.21. The number of nitrogens with one attached hydrogen (secondary N) is 2. The summed E-state index contributed by atoms with van der Waals surface area (Å²) in [5, 5.41) is 12.0. The van der Waals surface area contributed by atoms with Crippen LogP contribution in [0.1, 0.15) is 6.92 Å². The van der Waals surface area contributed by atoms with E-state index < -0.39 is 0 Å². The maximum Gasteiger partial charge on any atom is 0.168 e. The predicted molar refractivity (Wildman–Crippen MR) is 111 cm³/mol. The summed E-state index contributed by atoms with van der Waals surface area (Å²) in [6.45, 7) is 2.63. The molecule has 4 rings (SSSR count). The molecular weight excluding hydrogens is 384 g/mol. The van der Waals surface area contributed by atoms with Crippen molar-refractivity contribution >= 4 is 35.1 Å². The number of anilines is 2. The smallest absolute Gasteiger partial charge is 0.168 e. The Labute approximate surface area is 166 Å². The molecule has 8 heteroatoms. The molecule has 27 heavy (non-hydrogen) atoms. The Morgan fingerprint density at radius 2 is 2.04 bits per heavy atom. The van der Waals surface area contributed by atoms with Gasteiger partial charge in [0.1, 0.15) is 17.3 Å². The third-order valence-electron chi connectivity index (χ3n) is 4.07. The Kier molecular flexibility index (Phi) is 5.05. The highest BCUT2D eigenvalue weighted by molar-refractivity contribution is 7.98. The van der Waals surface area contributed by atoms with Gasteiger partial charge in [-0.05, 0) is 49.4 Å². The summed E-state index contributed by atoms with van der Waals surface area (Å²) in [6, 6.07) is 15.6. The zero-order valence-corrected chi connectivity index (χ0v) is 16.5. The topological polar surface area (TPSA) is 60.3 Å². The molecule has 1 aliphatic rings. The van der Waals surface area contributed by atoms with E-state index in [2.05, 4.69) is 15.7 Å². The molecule has 2 N–H and O–H groups in total. The van der Waals surface area contributed by atoms with E-state index >= 15 is 0 Å². The van der Waals surface area contributed by atoms with Crippen molar-refractivity contribution in [2.24, 2.45) is 0 Å². The third-order valence-corrected chi connectivity index (χ3v) is 5.29. The van der Waals surface area contributed by atoms with Crippen LogP contribution in [0.5, 0.6) is 11.5 Å². The number of benzene rings is 2. The summed E-state index contributed by atoms with van der Waals surface area (Å²) in [7, 11) is 1.60. The summed E-state index contributed by atoms with van der Waals surface area (Å²) < 4.78 is 12.5. The summed E-state index contributed by atoms with van der Waals surface area (Å²) in [5.41, 5.74) is 2.84. The zero-order chi connectivity index (χ0) is 18.8. The molecule has 0 bridgehead atoms. The van der Waals surface area contributed by atoms with Gasteiger partial charge in [0, 0.05) is 29.3 Å². The fraction of sp³-hybridized carbons (Fsp3) is 0.211. The van der Waals surface area contributed by atoms with E-state index in [0.717, 1.165) is 28.5 Å². The predicted octanol–water partition coefficient (Wildman–Crippen LogP) is 4.93. The Morgan fingerprint density at radius 3 is 2.70 bits per heavy atom. The fourth-order valence-electron chi connectivity index (χ4n) is 2.80. The number of fused-ring (bicyclic) bond motifs is 1. The summed E-state index contributed by atoms with van der Waals surface area (Å²) in [5.74, 6) is 2.46. The first-order valence-electron chi connectivity index (χ1n) is 8.53. The molecule has 0 fully saturated rings. The second kappa shape index (κ2) is 7.62. The highest BCUT2D eigenvalue weighted by atomic mass is 35.5. The van der Waals surface area contributed by atoms with Crippen LogP contribution in [0.3, 0.4) is 0 Å². The molecule has 1 atom stereocenters. The molecule has 0 amide bonds. The fourth-order valence-corrected chi connectivity index (χ4v) is 3.98. The second-order valence-electron chi connectivity index (χ2n) is 5.87. The number of ether oxygens (including phenoxy) is 2. The molecule has 0 aliphatic carbocycles. The van der Waals surface area contributed by atoms with Crippen molar-refractivity contribution in [2.75, 3.05) is 24.4 Å². The van der Waals surface area contributed by atoms with E-state index in [1.54, 1.807) is 19.1 Å². The minimum Gasteiger partial charge on any atom is -0.495 e. The standard InChI is InChI=1S/C19H19ClN4O2S/c1-3-26-14-7-4-12(5-8-14)16-11-18-22-19(27-24(18)23-16)21-13-6-9-17(25-2)15(20)10-13/h4-11,19,21-22H,3H2,1-2H3/t19-/m1/s1. The van der Waals surface area contributed by atoms with Gasteiger partial charge in [0.05, 0.1) is 24.4 Å². The van der Waals surface area contributed by atoms with Gasteiger partial charge in [0.15, 0.2) is 5.50 Å². The normalized spacial score (nSPS) is 15.1. The van der Waals surface area contributed by atoms with Crippen LogP contribution in [-0.4, -0.2) is 28.4 Å². The van der Waals surface area contributed by atoms with Gasteiger partial charge >= 0.3 is 0 Å². The van der Waals surface area contributed by atoms with Crippen LogP contribution >= 0.6 is 23.5 Å². The van der Waals surface area contributed by atoms with E-state index in [1.165, 1.54) is 0 Å². The average molecular weight is 403 g/mol. The minimum absolute atomic E-state index is 0.0358. The number of halogens is 1. The van der Waals surface area contributed by atoms with E-state index in [9.17, 15) is 0 Å². The van der Waals surface area contributed by atoms with Crippen molar-refractivity contribution < 1.29 is 9.47 Å². The lowest BCUT2D eigenvalue weighted by molar-refractivity contribution is 0.340. The molecule has 0 radical (unpaired) electrons. The van der Waals surface area contributed by atoms with Gasteiger partial charge in [-0.1, -0.05) is 11.6 Å². The average Bonchev–Trinajstić information content (AvgIpc) is 3.21. The third kappa shape index (κ3) is 3.79. The van der Waals surface area contributed by atoms with Crippen molar-refractivity contribution in [2.45, 2.75) is 12.4 Å². The second-order valence-corrected chi connectivity index (χ2v) is 7.30. The molecule has 0 unspecified atom stereocenters. The van der Waals surface area contributed by atoms with Crippen LogP contribution in [0, 0.1) is 0 Å². The van der Waals surface area contributed by atoms with Gasteiger partial charge in [-0.3, -0.25) is 0 Å². The molecule has 2 heterocycles. The van der Waals surface area contributed by atoms with E-state index in [4.69, 9.17) is 21.1 Å². The molecule has 0 saturated carbocycles. The SMILES string of the molecule is CCOc1ccc(-c2cc3n(n2)S[C@H](Nc2ccc(OC)c(Cl)c2)N3)cc1. The molecule has 0 saturated heterocycles. The number of hydrogen-bond donors (Lipinski definition) is 2. The maximum atomic E-state index is 6.18. The summed E-state index contributed by atoms with van der Waals surface area (Å²) >= 11 is 7.74. The first-order chi connectivity index (χ1) is 13.2. The summed E-state index contributed by atoms with van der Waals surface area (Å²) in [4.78, 5) is 0. The van der Waals surface area contributed by atoms with Gasteiger partial charge in [0.25, 0.3) is 0 Å². The van der Waals surface area contributed by atoms with Gasteiger partial charge in [-0.25, -0.2) is 0 Å². The van der Waals surface area contributed by atoms with E-state index in [-0.39, 0.29) is 5.50 Å². The largest absolute Gasteiger partial charge is 0.495 e. The van der Waals surface area contributed by atoms with Crippen molar-refractivity contribution in [3.63, 3.8) is 0 Å². The van der Waals surface area contributed by atoms with Crippen LogP contribution in [0.4, 0.5) is 11.5 Å². The zero-order valence-electron chi connectivity index (χ0n) is 14.9. The molecule has 2 aromatic carbocycles. The van der Waals surface area contributed by atoms with Gasteiger partial charge in [-0.15, -0.1) is 0 Å². The van der Waals surface area contributed by atoms with Crippen molar-refractivity contribution in [1.82, 2.24) is 9.19 Å². The number of hydrogen-bond acceptors (Lipinski definition) is 6. The van der Waals surface area contributed by atoms with Crippen LogP contribution in [0.15, 0.2) is 48.5 Å². The van der Waals surface area contributed by atoms with Crippen molar-refractivity contribution in [1.29, 1.82) is 0 Å². The molecule has 140 valence electrons. The number of rotatable bonds is 6. The first kappa shape index (κ1) is 17.9. The number of nitrogens with zero attached hydrogens (tertiary/aromatic N) is 2. The quantitative estimate of drug-likeness (QED) is 0.609. The lowest BCUT2D eigenvalue weighted by atomic mass is 10.1. The first-order valence-corrected chi connectivity index (χ1v) is 9.75. The maximum absolute atomic E-state index is 6.18. The Morgan fingerprint density at radius 1 is 1.22 bits per heavy atom. The number of aromatic nitrogens is 2. The Bertz CT molecular complexity index is 922. The molecule has 1 aliphatic heterocycles. The molecule has 3 aromatic rings.